The molecule has 0 aliphatic heterocycles. The topological polar surface area (TPSA) is 79.5 Å². The van der Waals surface area contributed by atoms with Crippen LogP contribution in [0.3, 0.4) is 0 Å². The Morgan fingerprint density at radius 1 is 1.11 bits per heavy atom. The molecular formula is C20H24N4O3. The fourth-order valence-electron chi connectivity index (χ4n) is 3.06. The summed E-state index contributed by atoms with van der Waals surface area (Å²) < 4.78 is 3.11. The lowest BCUT2D eigenvalue weighted by Crippen LogP contribution is -2.32. The van der Waals surface area contributed by atoms with Crippen LogP contribution in [0.4, 0.5) is 10.5 Å². The van der Waals surface area contributed by atoms with Gasteiger partial charge >= 0.3 is 11.7 Å². The van der Waals surface area contributed by atoms with E-state index in [1.54, 1.807) is 42.4 Å². The number of carbonyl (C=O) groups is 1. The summed E-state index contributed by atoms with van der Waals surface area (Å²) in [5, 5.41) is 13.1. The van der Waals surface area contributed by atoms with E-state index in [4.69, 9.17) is 0 Å². The number of benzene rings is 2. The SMILES string of the molecule is CN(CCC(O)c1ccccc1)C(=O)Nc1ccc2c(c1)n(C)c(=O)n2C. The van der Waals surface area contributed by atoms with Gasteiger partial charge in [-0.3, -0.25) is 9.13 Å². The smallest absolute Gasteiger partial charge is 0.328 e. The minimum atomic E-state index is -0.614. The predicted octanol–water partition coefficient (Wildman–Crippen LogP) is 2.46. The normalized spacial score (nSPS) is 12.1. The van der Waals surface area contributed by atoms with Crippen LogP contribution in [0.1, 0.15) is 18.1 Å². The molecule has 1 heterocycles. The molecule has 7 nitrogen and oxygen atoms in total. The largest absolute Gasteiger partial charge is 0.388 e. The van der Waals surface area contributed by atoms with Crippen LogP contribution in [0.2, 0.25) is 0 Å². The third kappa shape index (κ3) is 3.88. The molecule has 3 rings (SSSR count). The van der Waals surface area contributed by atoms with E-state index in [0.29, 0.717) is 18.7 Å². The minimum Gasteiger partial charge on any atom is -0.388 e. The molecule has 0 fully saturated rings. The zero-order valence-corrected chi connectivity index (χ0v) is 15.7. The molecule has 0 radical (unpaired) electrons. The first-order valence-electron chi connectivity index (χ1n) is 8.79. The van der Waals surface area contributed by atoms with E-state index in [1.807, 2.05) is 36.4 Å². The Balaban J connectivity index is 1.63. The number of imidazole rings is 1. The van der Waals surface area contributed by atoms with Gasteiger partial charge in [0.05, 0.1) is 17.1 Å². The maximum Gasteiger partial charge on any atom is 0.328 e. The highest BCUT2D eigenvalue weighted by Gasteiger charge is 2.14. The summed E-state index contributed by atoms with van der Waals surface area (Å²) in [6, 6.07) is 14.5. The van der Waals surface area contributed by atoms with Gasteiger partial charge in [-0.05, 0) is 30.2 Å². The fraction of sp³-hybridized carbons (Fsp3) is 0.300. The molecule has 27 heavy (non-hydrogen) atoms. The van der Waals surface area contributed by atoms with Crippen molar-refractivity contribution in [3.8, 4) is 0 Å². The molecule has 2 aromatic carbocycles. The van der Waals surface area contributed by atoms with Gasteiger partial charge in [-0.2, -0.15) is 0 Å². The second-order valence-corrected chi connectivity index (χ2v) is 6.67. The lowest BCUT2D eigenvalue weighted by Gasteiger charge is -2.20. The Hall–Kier alpha value is -3.06. The number of aromatic nitrogens is 2. The molecule has 1 unspecified atom stereocenters. The number of anilines is 1. The maximum atomic E-state index is 12.4. The monoisotopic (exact) mass is 368 g/mol. The first-order chi connectivity index (χ1) is 12.9. The van der Waals surface area contributed by atoms with E-state index in [1.165, 1.54) is 4.90 Å². The lowest BCUT2D eigenvalue weighted by atomic mass is 10.1. The number of nitrogens with zero attached hydrogens (tertiary/aromatic N) is 3. The second kappa shape index (κ2) is 7.67. The van der Waals surface area contributed by atoms with Crippen molar-refractivity contribution in [1.82, 2.24) is 14.0 Å². The first-order valence-corrected chi connectivity index (χ1v) is 8.79. The van der Waals surface area contributed by atoms with Crippen molar-refractivity contribution in [3.05, 3.63) is 64.6 Å². The van der Waals surface area contributed by atoms with E-state index in [2.05, 4.69) is 5.32 Å². The number of aryl methyl sites for hydroxylation is 2. The van der Waals surface area contributed by atoms with Gasteiger partial charge in [0.2, 0.25) is 0 Å². The summed E-state index contributed by atoms with van der Waals surface area (Å²) in [6.07, 6.45) is -0.170. The molecule has 2 amide bonds. The molecule has 3 aromatic rings. The van der Waals surface area contributed by atoms with E-state index in [-0.39, 0.29) is 11.7 Å². The number of aliphatic hydroxyl groups is 1. The number of carbonyl (C=O) groups excluding carboxylic acids is 1. The van der Waals surface area contributed by atoms with E-state index >= 15 is 0 Å². The summed E-state index contributed by atoms with van der Waals surface area (Å²) in [6.45, 7) is 0.411. The Morgan fingerprint density at radius 3 is 2.48 bits per heavy atom. The van der Waals surface area contributed by atoms with Gasteiger partial charge in [0.1, 0.15) is 0 Å². The van der Waals surface area contributed by atoms with E-state index in [9.17, 15) is 14.7 Å². The van der Waals surface area contributed by atoms with Crippen LogP contribution in [-0.4, -0.2) is 38.8 Å². The molecule has 0 aliphatic carbocycles. The molecule has 0 saturated carbocycles. The number of hydrogen-bond acceptors (Lipinski definition) is 3. The average Bonchev–Trinajstić information content (AvgIpc) is 2.90. The fourth-order valence-corrected chi connectivity index (χ4v) is 3.06. The first kappa shape index (κ1) is 18.7. The molecule has 142 valence electrons. The Kier molecular flexibility index (Phi) is 5.32. The summed E-state index contributed by atoms with van der Waals surface area (Å²) in [5.74, 6) is 0. The lowest BCUT2D eigenvalue weighted by molar-refractivity contribution is 0.152. The number of amides is 2. The third-order valence-corrected chi connectivity index (χ3v) is 4.79. The number of nitrogens with one attached hydrogen (secondary N) is 1. The highest BCUT2D eigenvalue weighted by Crippen LogP contribution is 2.19. The van der Waals surface area contributed by atoms with Crippen LogP contribution < -0.4 is 11.0 Å². The molecule has 0 bridgehead atoms. The second-order valence-electron chi connectivity index (χ2n) is 6.67. The maximum absolute atomic E-state index is 12.4. The van der Waals surface area contributed by atoms with Crippen molar-refractivity contribution in [1.29, 1.82) is 0 Å². The van der Waals surface area contributed by atoms with Crippen LogP contribution in [0.5, 0.6) is 0 Å². The number of hydrogen-bond donors (Lipinski definition) is 2. The van der Waals surface area contributed by atoms with Crippen LogP contribution in [-0.2, 0) is 14.1 Å². The summed E-state index contributed by atoms with van der Waals surface area (Å²) in [4.78, 5) is 25.9. The van der Waals surface area contributed by atoms with E-state index < -0.39 is 6.10 Å². The Labute approximate surface area is 157 Å². The van der Waals surface area contributed by atoms with E-state index in [0.717, 1.165) is 16.6 Å². The van der Waals surface area contributed by atoms with Crippen LogP contribution in [0.25, 0.3) is 11.0 Å². The minimum absolute atomic E-state index is 0.111. The standard InChI is InChI=1S/C20H24N4O3/c1-22(12-11-18(25)14-7-5-4-6-8-14)19(26)21-15-9-10-16-17(13-15)24(3)20(27)23(16)2/h4-10,13,18,25H,11-12H2,1-3H3,(H,21,26). The number of rotatable bonds is 5. The number of aliphatic hydroxyl groups excluding tert-OH is 1. The summed E-state index contributed by atoms with van der Waals surface area (Å²) in [5.41, 5.74) is 2.90. The summed E-state index contributed by atoms with van der Waals surface area (Å²) in [7, 11) is 5.10. The van der Waals surface area contributed by atoms with Gasteiger partial charge in [0, 0.05) is 33.4 Å². The molecule has 1 atom stereocenters. The molecule has 7 heteroatoms. The van der Waals surface area contributed by atoms with Crippen molar-refractivity contribution in [2.75, 3.05) is 18.9 Å². The van der Waals surface area contributed by atoms with Gasteiger partial charge in [0.15, 0.2) is 0 Å². The van der Waals surface area contributed by atoms with Gasteiger partial charge in [-0.25, -0.2) is 9.59 Å². The quantitative estimate of drug-likeness (QED) is 0.726. The zero-order chi connectivity index (χ0) is 19.6. The van der Waals surface area contributed by atoms with Crippen molar-refractivity contribution in [3.63, 3.8) is 0 Å². The third-order valence-electron chi connectivity index (χ3n) is 4.79. The van der Waals surface area contributed by atoms with Crippen molar-refractivity contribution in [2.24, 2.45) is 14.1 Å². The highest BCUT2D eigenvalue weighted by atomic mass is 16.3. The molecule has 0 saturated heterocycles. The zero-order valence-electron chi connectivity index (χ0n) is 15.7. The van der Waals surface area contributed by atoms with Gasteiger partial charge in [0.25, 0.3) is 0 Å². The Morgan fingerprint density at radius 2 is 1.78 bits per heavy atom. The molecule has 0 aliphatic rings. The van der Waals surface area contributed by atoms with Gasteiger partial charge < -0.3 is 15.3 Å². The van der Waals surface area contributed by atoms with Crippen molar-refractivity contribution >= 4 is 22.8 Å². The Bertz CT molecular complexity index is 1010. The van der Waals surface area contributed by atoms with Gasteiger partial charge in [-0.15, -0.1) is 0 Å². The van der Waals surface area contributed by atoms with Crippen LogP contribution >= 0.6 is 0 Å². The van der Waals surface area contributed by atoms with Crippen LogP contribution in [0, 0.1) is 0 Å². The number of urea groups is 1. The number of fused-ring (bicyclic) bond motifs is 1. The summed E-state index contributed by atoms with van der Waals surface area (Å²) >= 11 is 0. The highest BCUT2D eigenvalue weighted by molar-refractivity contribution is 5.92. The molecule has 2 N–H and O–H groups in total. The van der Waals surface area contributed by atoms with Crippen molar-refractivity contribution in [2.45, 2.75) is 12.5 Å². The molecule has 1 aromatic heterocycles. The molecule has 0 spiro atoms. The molecular weight excluding hydrogens is 344 g/mol. The van der Waals surface area contributed by atoms with Crippen LogP contribution in [0.15, 0.2) is 53.3 Å². The predicted molar refractivity (Wildman–Crippen MR) is 106 cm³/mol. The van der Waals surface area contributed by atoms with Gasteiger partial charge in [-0.1, -0.05) is 30.3 Å². The average molecular weight is 368 g/mol. The van der Waals surface area contributed by atoms with Crippen molar-refractivity contribution < 1.29 is 9.90 Å².